The van der Waals surface area contributed by atoms with Crippen LogP contribution in [0.2, 0.25) is 0 Å². The van der Waals surface area contributed by atoms with Crippen molar-refractivity contribution in [2.45, 2.75) is 31.6 Å². The topological polar surface area (TPSA) is 0 Å². The molecule has 1 aliphatic rings. The highest BCUT2D eigenvalue weighted by molar-refractivity contribution is 7.16. The van der Waals surface area contributed by atoms with Gasteiger partial charge in [0.05, 0.1) is 0 Å². The third-order valence-corrected chi connectivity index (χ3v) is 9.34. The first-order valence-corrected chi connectivity index (χ1v) is 13.7. The molecule has 0 bridgehead atoms. The molecule has 198 valence electrons. The van der Waals surface area contributed by atoms with E-state index in [-0.39, 0.29) is 20.9 Å². The van der Waals surface area contributed by atoms with Gasteiger partial charge in [0.2, 0.25) is 0 Å². The molecule has 3 aromatic carbocycles. The zero-order chi connectivity index (χ0) is 27.7. The number of allylic oxidation sites excluding steroid dienone is 2. The molecule has 8 heteroatoms. The van der Waals surface area contributed by atoms with Crippen LogP contribution in [0, 0.1) is 13.8 Å². The summed E-state index contributed by atoms with van der Waals surface area (Å²) in [5.74, 6) is -15.8. The number of hydrogen-bond acceptors (Lipinski definition) is 2. The van der Waals surface area contributed by atoms with Crippen LogP contribution in [0.5, 0.6) is 0 Å². The van der Waals surface area contributed by atoms with Crippen LogP contribution in [-0.2, 0) is 0 Å². The van der Waals surface area contributed by atoms with E-state index in [4.69, 9.17) is 0 Å². The summed E-state index contributed by atoms with van der Waals surface area (Å²) < 4.78 is 92.0. The predicted octanol–water partition coefficient (Wildman–Crippen LogP) is 10.7. The van der Waals surface area contributed by atoms with E-state index in [1.54, 1.807) is 36.4 Å². The molecule has 0 atom stereocenters. The quantitative estimate of drug-likeness (QED) is 0.189. The second-order valence-corrected chi connectivity index (χ2v) is 12.0. The third kappa shape index (κ3) is 3.72. The number of thiophene rings is 2. The van der Waals surface area contributed by atoms with Gasteiger partial charge in [-0.3, -0.25) is 0 Å². The fourth-order valence-corrected chi connectivity index (χ4v) is 7.31. The summed E-state index contributed by atoms with van der Waals surface area (Å²) >= 11 is 2.22. The summed E-state index contributed by atoms with van der Waals surface area (Å²) in [5, 5.41) is 1.76. The van der Waals surface area contributed by atoms with Crippen molar-refractivity contribution in [2.75, 3.05) is 0 Å². The summed E-state index contributed by atoms with van der Waals surface area (Å²) in [6.45, 7) is 2.99. The second kappa shape index (κ2) is 8.83. The molecule has 6 rings (SSSR count). The van der Waals surface area contributed by atoms with Gasteiger partial charge in [-0.2, -0.15) is 26.3 Å². The summed E-state index contributed by atoms with van der Waals surface area (Å²) in [5.41, 5.74) is -1.78. The van der Waals surface area contributed by atoms with Gasteiger partial charge in [0.15, 0.2) is 0 Å². The minimum absolute atomic E-state index is 0.259. The highest BCUT2D eigenvalue weighted by atomic mass is 32.1. The summed E-state index contributed by atoms with van der Waals surface area (Å²) in [6, 6.07) is 24.4. The Morgan fingerprint density at radius 1 is 0.538 bits per heavy atom. The molecule has 0 spiro atoms. The highest BCUT2D eigenvalue weighted by Gasteiger charge is 2.80. The molecule has 0 unspecified atom stereocenters. The Kier molecular flexibility index (Phi) is 5.86. The van der Waals surface area contributed by atoms with Gasteiger partial charge in [-0.1, -0.05) is 72.8 Å². The van der Waals surface area contributed by atoms with Gasteiger partial charge in [-0.15, -0.1) is 22.7 Å². The Morgan fingerprint density at radius 2 is 1.05 bits per heavy atom. The number of benzene rings is 3. The van der Waals surface area contributed by atoms with E-state index in [1.807, 2.05) is 36.4 Å². The van der Waals surface area contributed by atoms with Crippen LogP contribution in [0.1, 0.15) is 20.9 Å². The highest BCUT2D eigenvalue weighted by Crippen LogP contribution is 2.66. The number of fused-ring (bicyclic) bond motifs is 1. The molecule has 1 aliphatic carbocycles. The molecule has 0 nitrogen and oxygen atoms in total. The molecule has 39 heavy (non-hydrogen) atoms. The number of hydrogen-bond donors (Lipinski definition) is 0. The van der Waals surface area contributed by atoms with Crippen molar-refractivity contribution in [2.24, 2.45) is 0 Å². The lowest BCUT2D eigenvalue weighted by molar-refractivity contribution is -0.254. The number of aryl methyl sites for hydroxylation is 2. The van der Waals surface area contributed by atoms with Crippen LogP contribution < -0.4 is 0 Å². The minimum atomic E-state index is -5.60. The van der Waals surface area contributed by atoms with E-state index >= 15 is 17.6 Å². The van der Waals surface area contributed by atoms with Crippen molar-refractivity contribution in [1.29, 1.82) is 0 Å². The van der Waals surface area contributed by atoms with Crippen molar-refractivity contribution in [1.82, 2.24) is 0 Å². The Morgan fingerprint density at radius 3 is 1.69 bits per heavy atom. The Hall–Kier alpha value is -3.36. The smallest absolute Gasteiger partial charge is 0.194 e. The van der Waals surface area contributed by atoms with E-state index < -0.39 is 28.9 Å². The van der Waals surface area contributed by atoms with Gasteiger partial charge >= 0.3 is 17.8 Å². The Balaban J connectivity index is 1.61. The third-order valence-electron chi connectivity index (χ3n) is 7.15. The van der Waals surface area contributed by atoms with E-state index in [0.29, 0.717) is 20.9 Å². The number of halogens is 6. The van der Waals surface area contributed by atoms with Gasteiger partial charge in [0, 0.05) is 30.7 Å². The number of rotatable bonds is 4. The lowest BCUT2D eigenvalue weighted by Gasteiger charge is -2.25. The molecule has 0 radical (unpaired) electrons. The van der Waals surface area contributed by atoms with Crippen molar-refractivity contribution >= 4 is 44.6 Å². The standard InChI is InChI=1S/C31H20F6S2/c1-17-23(15-25(38-17)20-10-4-3-5-11-20)27-28(30(34,35)31(36,37)29(27,32)33)24-16-26(39-18(24)2)22-14-8-12-19-9-6-7-13-21(19)22/h3-16H,1-2H3. The zero-order valence-corrected chi connectivity index (χ0v) is 22.3. The second-order valence-electron chi connectivity index (χ2n) is 9.53. The van der Waals surface area contributed by atoms with E-state index in [2.05, 4.69) is 0 Å². The first-order chi connectivity index (χ1) is 18.4. The molecular formula is C31H20F6S2. The van der Waals surface area contributed by atoms with Gasteiger partial charge < -0.3 is 0 Å². The molecule has 0 saturated heterocycles. The van der Waals surface area contributed by atoms with Crippen LogP contribution in [-0.4, -0.2) is 17.8 Å². The summed E-state index contributed by atoms with van der Waals surface area (Å²) in [7, 11) is 0. The largest absolute Gasteiger partial charge is 0.380 e. The lowest BCUT2D eigenvalue weighted by Crippen LogP contribution is -2.48. The van der Waals surface area contributed by atoms with Crippen LogP contribution in [0.25, 0.3) is 42.8 Å². The van der Waals surface area contributed by atoms with Crippen LogP contribution in [0.15, 0.2) is 84.9 Å². The molecule has 0 saturated carbocycles. The Bertz CT molecular complexity index is 1750. The molecule has 0 amide bonds. The van der Waals surface area contributed by atoms with E-state index in [9.17, 15) is 8.78 Å². The van der Waals surface area contributed by atoms with Gasteiger partial charge in [-0.05, 0) is 59.0 Å². The average Bonchev–Trinajstić information content (AvgIpc) is 3.51. The summed E-state index contributed by atoms with van der Waals surface area (Å²) in [6.07, 6.45) is 0. The molecule has 0 N–H and O–H groups in total. The summed E-state index contributed by atoms with van der Waals surface area (Å²) in [4.78, 5) is 1.58. The normalized spacial score (nSPS) is 17.7. The average molecular weight is 571 g/mol. The zero-order valence-electron chi connectivity index (χ0n) is 20.7. The van der Waals surface area contributed by atoms with Crippen LogP contribution in [0.4, 0.5) is 26.3 Å². The lowest BCUT2D eigenvalue weighted by atomic mass is 9.94. The molecule has 2 heterocycles. The monoisotopic (exact) mass is 570 g/mol. The molecule has 0 fully saturated rings. The fourth-order valence-electron chi connectivity index (χ4n) is 5.21. The maximum atomic E-state index is 15.5. The number of alkyl halides is 6. The maximum Gasteiger partial charge on any atom is 0.380 e. The van der Waals surface area contributed by atoms with Gasteiger partial charge in [0.1, 0.15) is 0 Å². The van der Waals surface area contributed by atoms with Crippen molar-refractivity contribution in [3.05, 3.63) is 106 Å². The first kappa shape index (κ1) is 25.9. The molecule has 0 aliphatic heterocycles. The Labute approximate surface area is 228 Å². The van der Waals surface area contributed by atoms with Crippen LogP contribution in [0.3, 0.4) is 0 Å². The molecular weight excluding hydrogens is 550 g/mol. The van der Waals surface area contributed by atoms with Crippen molar-refractivity contribution in [3.63, 3.8) is 0 Å². The van der Waals surface area contributed by atoms with Gasteiger partial charge in [0.25, 0.3) is 0 Å². The molecule has 2 aromatic heterocycles. The predicted molar refractivity (Wildman–Crippen MR) is 148 cm³/mol. The van der Waals surface area contributed by atoms with E-state index in [0.717, 1.165) is 33.4 Å². The maximum absolute atomic E-state index is 15.5. The van der Waals surface area contributed by atoms with Gasteiger partial charge in [-0.25, -0.2) is 0 Å². The van der Waals surface area contributed by atoms with Crippen molar-refractivity contribution < 1.29 is 26.3 Å². The SMILES string of the molecule is Cc1sc(-c2ccccc2)cc1C1=C(c2cc(-c3cccc4ccccc34)sc2C)C(F)(F)C(F)(F)C1(F)F. The fraction of sp³-hybridized carbons (Fsp3) is 0.161. The van der Waals surface area contributed by atoms with Crippen molar-refractivity contribution in [3.8, 4) is 20.9 Å². The molecule has 5 aromatic rings. The van der Waals surface area contributed by atoms with E-state index in [1.165, 1.54) is 26.0 Å². The minimum Gasteiger partial charge on any atom is -0.194 e. The van der Waals surface area contributed by atoms with Crippen LogP contribution >= 0.6 is 22.7 Å². The first-order valence-electron chi connectivity index (χ1n) is 12.1.